The second-order valence-electron chi connectivity index (χ2n) is 3.43. The van der Waals surface area contributed by atoms with Crippen LogP contribution in [0.15, 0.2) is 36.5 Å². The summed E-state index contributed by atoms with van der Waals surface area (Å²) in [6.45, 7) is 0. The summed E-state index contributed by atoms with van der Waals surface area (Å²) in [7, 11) is 0. The number of alkyl halides is 3. The first kappa shape index (κ1) is 12.8. The van der Waals surface area contributed by atoms with Gasteiger partial charge in [0.15, 0.2) is 5.69 Å². The summed E-state index contributed by atoms with van der Waals surface area (Å²) in [4.78, 5) is 6.83. The molecule has 0 aliphatic carbocycles. The summed E-state index contributed by atoms with van der Waals surface area (Å²) < 4.78 is 42.5. The van der Waals surface area contributed by atoms with E-state index in [0.29, 0.717) is 0 Å². The molecule has 4 nitrogen and oxygen atoms in total. The Bertz CT molecular complexity index is 635. The number of hydrogen-bond acceptors (Lipinski definition) is 4. The van der Waals surface area contributed by atoms with Crippen LogP contribution in [0.25, 0.3) is 0 Å². The van der Waals surface area contributed by atoms with Crippen molar-refractivity contribution in [1.82, 2.24) is 9.97 Å². The summed E-state index contributed by atoms with van der Waals surface area (Å²) in [5.41, 5.74) is -0.921. The van der Waals surface area contributed by atoms with Gasteiger partial charge in [0.05, 0.1) is 5.56 Å². The smallest absolute Gasteiger partial charge is 0.423 e. The Labute approximate surface area is 106 Å². The molecule has 0 bridgehead atoms. The molecule has 0 saturated heterocycles. The van der Waals surface area contributed by atoms with Gasteiger partial charge in [-0.2, -0.15) is 23.4 Å². The number of ether oxygens (including phenoxy) is 1. The van der Waals surface area contributed by atoms with E-state index in [-0.39, 0.29) is 11.3 Å². The van der Waals surface area contributed by atoms with Crippen molar-refractivity contribution < 1.29 is 17.9 Å². The normalized spacial score (nSPS) is 10.8. The third kappa shape index (κ3) is 2.98. The van der Waals surface area contributed by atoms with Crippen molar-refractivity contribution >= 4 is 0 Å². The van der Waals surface area contributed by atoms with Crippen LogP contribution in [-0.2, 0) is 6.18 Å². The van der Waals surface area contributed by atoms with Crippen molar-refractivity contribution in [3.8, 4) is 17.8 Å². The summed E-state index contributed by atoms with van der Waals surface area (Å²) >= 11 is 0. The van der Waals surface area contributed by atoms with Crippen LogP contribution in [0.5, 0.6) is 11.8 Å². The molecule has 0 fully saturated rings. The van der Waals surface area contributed by atoms with E-state index in [9.17, 15) is 13.2 Å². The molecule has 2 rings (SSSR count). The summed E-state index contributed by atoms with van der Waals surface area (Å²) in [5.74, 6) is 0.101. The molecule has 0 atom stereocenters. The molecular weight excluding hydrogens is 259 g/mol. The van der Waals surface area contributed by atoms with Gasteiger partial charge in [0, 0.05) is 6.20 Å². The molecule has 0 aliphatic rings. The van der Waals surface area contributed by atoms with Gasteiger partial charge >= 0.3 is 12.2 Å². The number of hydrogen-bond donors (Lipinski definition) is 0. The minimum atomic E-state index is -4.57. The average molecular weight is 265 g/mol. The molecule has 7 heteroatoms. The zero-order valence-corrected chi connectivity index (χ0v) is 9.35. The van der Waals surface area contributed by atoms with E-state index in [4.69, 9.17) is 10.00 Å². The fourth-order valence-electron chi connectivity index (χ4n) is 1.29. The van der Waals surface area contributed by atoms with E-state index < -0.39 is 17.9 Å². The Hall–Kier alpha value is -2.62. The maximum absolute atomic E-state index is 12.5. The SMILES string of the molecule is N#Cc1ccccc1Oc1nccc(C(F)(F)F)n1. The quantitative estimate of drug-likeness (QED) is 0.836. The second-order valence-corrected chi connectivity index (χ2v) is 3.43. The summed E-state index contributed by atoms with van der Waals surface area (Å²) in [5, 5.41) is 8.83. The number of halogens is 3. The van der Waals surface area contributed by atoms with E-state index in [1.165, 1.54) is 12.1 Å². The van der Waals surface area contributed by atoms with Crippen LogP contribution in [0, 0.1) is 11.3 Å². The number of rotatable bonds is 2. The molecule has 0 aliphatic heterocycles. The number of aromatic nitrogens is 2. The van der Waals surface area contributed by atoms with Crippen molar-refractivity contribution in [2.45, 2.75) is 6.18 Å². The van der Waals surface area contributed by atoms with Crippen molar-refractivity contribution in [3.05, 3.63) is 47.8 Å². The lowest BCUT2D eigenvalue weighted by Gasteiger charge is -2.08. The van der Waals surface area contributed by atoms with Gasteiger partial charge in [-0.1, -0.05) is 12.1 Å². The highest BCUT2D eigenvalue weighted by molar-refractivity contribution is 5.43. The van der Waals surface area contributed by atoms with Crippen LogP contribution in [0.2, 0.25) is 0 Å². The fraction of sp³-hybridized carbons (Fsp3) is 0.0833. The third-order valence-corrected chi connectivity index (χ3v) is 2.13. The first-order chi connectivity index (χ1) is 9.00. The van der Waals surface area contributed by atoms with Crippen LogP contribution >= 0.6 is 0 Å². The number of benzene rings is 1. The number of nitriles is 1. The predicted molar refractivity (Wildman–Crippen MR) is 58.3 cm³/mol. The van der Waals surface area contributed by atoms with Crippen LogP contribution in [-0.4, -0.2) is 9.97 Å². The molecule has 0 N–H and O–H groups in total. The van der Waals surface area contributed by atoms with Crippen molar-refractivity contribution in [2.24, 2.45) is 0 Å². The maximum Gasteiger partial charge on any atom is 0.433 e. The van der Waals surface area contributed by atoms with Crippen molar-refractivity contribution in [2.75, 3.05) is 0 Å². The maximum atomic E-state index is 12.5. The molecule has 19 heavy (non-hydrogen) atoms. The topological polar surface area (TPSA) is 58.8 Å². The largest absolute Gasteiger partial charge is 0.433 e. The van der Waals surface area contributed by atoms with E-state index in [0.717, 1.165) is 12.3 Å². The highest BCUT2D eigenvalue weighted by Crippen LogP contribution is 2.29. The van der Waals surface area contributed by atoms with Gasteiger partial charge in [0.25, 0.3) is 0 Å². The molecular formula is C12H6F3N3O. The molecule has 1 heterocycles. The first-order valence-electron chi connectivity index (χ1n) is 5.08. The van der Waals surface area contributed by atoms with Crippen molar-refractivity contribution in [1.29, 1.82) is 5.26 Å². The zero-order chi connectivity index (χ0) is 13.9. The number of para-hydroxylation sites is 1. The van der Waals surface area contributed by atoms with Gasteiger partial charge < -0.3 is 4.74 Å². The van der Waals surface area contributed by atoms with Crippen LogP contribution < -0.4 is 4.74 Å². The third-order valence-electron chi connectivity index (χ3n) is 2.13. The lowest BCUT2D eigenvalue weighted by Crippen LogP contribution is -2.09. The monoisotopic (exact) mass is 265 g/mol. The minimum absolute atomic E-state index is 0.101. The van der Waals surface area contributed by atoms with Gasteiger partial charge in [0.1, 0.15) is 11.8 Å². The minimum Gasteiger partial charge on any atom is -0.423 e. The lowest BCUT2D eigenvalue weighted by molar-refractivity contribution is -0.141. The van der Waals surface area contributed by atoms with E-state index in [2.05, 4.69) is 9.97 Å². The molecule has 1 aromatic heterocycles. The Kier molecular flexibility index (Phi) is 3.33. The molecule has 0 saturated carbocycles. The lowest BCUT2D eigenvalue weighted by atomic mass is 10.2. The van der Waals surface area contributed by atoms with Gasteiger partial charge in [0.2, 0.25) is 0 Å². The average Bonchev–Trinajstić information content (AvgIpc) is 2.39. The Morgan fingerprint density at radius 2 is 1.89 bits per heavy atom. The molecule has 96 valence electrons. The predicted octanol–water partition coefficient (Wildman–Crippen LogP) is 3.16. The van der Waals surface area contributed by atoms with Gasteiger partial charge in [-0.05, 0) is 18.2 Å². The van der Waals surface area contributed by atoms with E-state index in [1.54, 1.807) is 12.1 Å². The van der Waals surface area contributed by atoms with Gasteiger partial charge in [-0.15, -0.1) is 0 Å². The highest BCUT2D eigenvalue weighted by atomic mass is 19.4. The molecule has 0 radical (unpaired) electrons. The van der Waals surface area contributed by atoms with E-state index in [1.807, 2.05) is 6.07 Å². The van der Waals surface area contributed by atoms with Crippen LogP contribution in [0.1, 0.15) is 11.3 Å². The van der Waals surface area contributed by atoms with Crippen molar-refractivity contribution in [3.63, 3.8) is 0 Å². The Morgan fingerprint density at radius 3 is 2.58 bits per heavy atom. The Balaban J connectivity index is 2.32. The highest BCUT2D eigenvalue weighted by Gasteiger charge is 2.33. The molecule has 1 aromatic carbocycles. The standard InChI is InChI=1S/C12H6F3N3O/c13-12(14,15)10-5-6-17-11(18-10)19-9-4-2-1-3-8(9)7-16/h1-6H. The van der Waals surface area contributed by atoms with E-state index >= 15 is 0 Å². The number of nitrogens with zero attached hydrogens (tertiary/aromatic N) is 3. The Morgan fingerprint density at radius 1 is 1.16 bits per heavy atom. The zero-order valence-electron chi connectivity index (χ0n) is 9.35. The fourth-order valence-corrected chi connectivity index (χ4v) is 1.29. The van der Waals surface area contributed by atoms with Crippen LogP contribution in [0.4, 0.5) is 13.2 Å². The molecule has 0 amide bonds. The second kappa shape index (κ2) is 4.94. The van der Waals surface area contributed by atoms with Crippen LogP contribution in [0.3, 0.4) is 0 Å². The summed E-state index contributed by atoms with van der Waals surface area (Å²) in [6.07, 6.45) is -3.63. The van der Waals surface area contributed by atoms with Gasteiger partial charge in [-0.25, -0.2) is 4.98 Å². The summed E-state index contributed by atoms with van der Waals surface area (Å²) in [6, 6.07) is 8.25. The molecule has 0 spiro atoms. The van der Waals surface area contributed by atoms with Gasteiger partial charge in [-0.3, -0.25) is 0 Å². The molecule has 0 unspecified atom stereocenters. The first-order valence-corrected chi connectivity index (χ1v) is 5.08. The molecule has 2 aromatic rings.